The molecule has 0 fully saturated rings. The van der Waals surface area contributed by atoms with Crippen molar-refractivity contribution in [1.82, 2.24) is 4.98 Å². The maximum absolute atomic E-state index is 12.1. The Balaban J connectivity index is 2.00. The molecule has 0 saturated heterocycles. The molecule has 106 valence electrons. The zero-order valence-corrected chi connectivity index (χ0v) is 11.9. The van der Waals surface area contributed by atoms with Crippen LogP contribution in [0, 0.1) is 0 Å². The van der Waals surface area contributed by atoms with Crippen molar-refractivity contribution >= 4 is 29.0 Å². The zero-order chi connectivity index (χ0) is 15.0. The molecule has 3 rings (SSSR count). The number of Topliss-reactive ketones (excluding diaryl/α,β-unsaturated/α-hetero) is 1. The van der Waals surface area contributed by atoms with Gasteiger partial charge in [0.05, 0.1) is 24.9 Å². The van der Waals surface area contributed by atoms with Crippen LogP contribution in [0.3, 0.4) is 0 Å². The number of ketones is 1. The summed E-state index contributed by atoms with van der Waals surface area (Å²) in [6.07, 6.45) is 1.57. The summed E-state index contributed by atoms with van der Waals surface area (Å²) < 4.78 is 5.08. The topological polar surface area (TPSA) is 59.5 Å². The molecule has 0 N–H and O–H groups in total. The molecule has 1 aliphatic rings. The normalized spacial score (nSPS) is 13.5. The Bertz CT molecular complexity index is 745. The lowest BCUT2D eigenvalue weighted by atomic mass is 10.1. The van der Waals surface area contributed by atoms with Crippen LogP contribution in [0.2, 0.25) is 5.15 Å². The smallest absolute Gasteiger partial charge is 0.299 e. The molecule has 0 atom stereocenters. The van der Waals surface area contributed by atoms with Gasteiger partial charge in [-0.05, 0) is 24.3 Å². The second kappa shape index (κ2) is 5.18. The molecule has 0 radical (unpaired) electrons. The van der Waals surface area contributed by atoms with Crippen LogP contribution in [0.1, 0.15) is 15.9 Å². The Hall–Kier alpha value is -2.40. The number of hydrogen-bond donors (Lipinski definition) is 0. The van der Waals surface area contributed by atoms with Crippen LogP contribution in [-0.4, -0.2) is 23.8 Å². The summed E-state index contributed by atoms with van der Waals surface area (Å²) in [5.41, 5.74) is 1.59. The third-order valence-corrected chi connectivity index (χ3v) is 3.68. The maximum Gasteiger partial charge on any atom is 0.299 e. The molecule has 5 nitrogen and oxygen atoms in total. The first-order chi connectivity index (χ1) is 10.1. The lowest BCUT2D eigenvalue weighted by Gasteiger charge is -2.17. The number of methoxy groups -OCH3 is 1. The molecular weight excluding hydrogens is 292 g/mol. The first-order valence-electron chi connectivity index (χ1n) is 6.25. The number of amides is 1. The minimum absolute atomic E-state index is 0.205. The molecule has 1 aromatic carbocycles. The van der Waals surface area contributed by atoms with Gasteiger partial charge in [0.2, 0.25) is 0 Å². The molecule has 2 heterocycles. The summed E-state index contributed by atoms with van der Waals surface area (Å²) in [6.45, 7) is 0.205. The number of carbonyl (C=O) groups excluding carboxylic acids is 2. The highest BCUT2D eigenvalue weighted by molar-refractivity contribution is 6.52. The van der Waals surface area contributed by atoms with E-state index in [0.717, 1.165) is 0 Å². The van der Waals surface area contributed by atoms with Gasteiger partial charge in [-0.3, -0.25) is 9.59 Å². The van der Waals surface area contributed by atoms with Crippen molar-refractivity contribution in [2.24, 2.45) is 0 Å². The third-order valence-electron chi connectivity index (χ3n) is 3.34. The largest absolute Gasteiger partial charge is 0.497 e. The van der Waals surface area contributed by atoms with Crippen LogP contribution in [0.4, 0.5) is 5.69 Å². The molecule has 6 heteroatoms. The summed E-state index contributed by atoms with van der Waals surface area (Å²) >= 11 is 6.01. The van der Waals surface area contributed by atoms with Crippen LogP contribution in [-0.2, 0) is 11.3 Å². The highest BCUT2D eigenvalue weighted by Gasteiger charge is 2.36. The van der Waals surface area contributed by atoms with E-state index in [1.54, 1.807) is 36.5 Å². The lowest BCUT2D eigenvalue weighted by molar-refractivity contribution is -0.114. The van der Waals surface area contributed by atoms with E-state index >= 15 is 0 Å². The van der Waals surface area contributed by atoms with Gasteiger partial charge in [-0.1, -0.05) is 17.7 Å². The van der Waals surface area contributed by atoms with Crippen LogP contribution >= 0.6 is 11.6 Å². The molecule has 2 aromatic rings. The fourth-order valence-electron chi connectivity index (χ4n) is 2.27. The van der Waals surface area contributed by atoms with Gasteiger partial charge in [-0.2, -0.15) is 0 Å². The number of ether oxygens (including phenoxy) is 1. The van der Waals surface area contributed by atoms with Crippen molar-refractivity contribution in [2.45, 2.75) is 6.54 Å². The third kappa shape index (κ3) is 2.25. The SMILES string of the molecule is COc1ccc2c(c1)C(=O)C(=O)N2Cc1cccnc1Cl. The Morgan fingerprint density at radius 2 is 2.10 bits per heavy atom. The summed E-state index contributed by atoms with van der Waals surface area (Å²) in [6, 6.07) is 8.48. The first-order valence-corrected chi connectivity index (χ1v) is 6.63. The van der Waals surface area contributed by atoms with Crippen LogP contribution in [0.25, 0.3) is 0 Å². The standard InChI is InChI=1S/C15H11ClN2O3/c1-21-10-4-5-12-11(7-10)13(19)15(20)18(12)8-9-3-2-6-17-14(9)16/h2-7H,8H2,1H3. The number of fused-ring (bicyclic) bond motifs is 1. The number of anilines is 1. The van der Waals surface area contributed by atoms with Gasteiger partial charge < -0.3 is 9.64 Å². The highest BCUT2D eigenvalue weighted by atomic mass is 35.5. The predicted octanol–water partition coefficient (Wildman–Crippen LogP) is 2.47. The quantitative estimate of drug-likeness (QED) is 0.645. The summed E-state index contributed by atoms with van der Waals surface area (Å²) in [5, 5.41) is 0.319. The van der Waals surface area contributed by atoms with Gasteiger partial charge >= 0.3 is 0 Å². The molecule has 21 heavy (non-hydrogen) atoms. The summed E-state index contributed by atoms with van der Waals surface area (Å²) in [7, 11) is 1.51. The average Bonchev–Trinajstić information content (AvgIpc) is 2.74. The van der Waals surface area contributed by atoms with Gasteiger partial charge in [0.1, 0.15) is 10.9 Å². The van der Waals surface area contributed by atoms with E-state index in [4.69, 9.17) is 16.3 Å². The Kier molecular flexibility index (Phi) is 3.35. The van der Waals surface area contributed by atoms with Gasteiger partial charge in [-0.15, -0.1) is 0 Å². The number of rotatable bonds is 3. The van der Waals surface area contributed by atoms with Gasteiger partial charge in [0.25, 0.3) is 11.7 Å². The molecule has 0 aliphatic carbocycles. The Labute approximate surface area is 126 Å². The van der Waals surface area contributed by atoms with Crippen molar-refractivity contribution in [3.63, 3.8) is 0 Å². The van der Waals surface area contributed by atoms with Crippen LogP contribution in [0.5, 0.6) is 5.75 Å². The van der Waals surface area contributed by atoms with Gasteiger partial charge in [0.15, 0.2) is 0 Å². The predicted molar refractivity (Wildman–Crippen MR) is 77.8 cm³/mol. The first kappa shape index (κ1) is 13.6. The van der Waals surface area contributed by atoms with Crippen molar-refractivity contribution in [1.29, 1.82) is 0 Å². The molecule has 1 amide bonds. The van der Waals surface area contributed by atoms with E-state index < -0.39 is 11.7 Å². The monoisotopic (exact) mass is 302 g/mol. The second-order valence-electron chi connectivity index (χ2n) is 4.56. The van der Waals surface area contributed by atoms with Gasteiger partial charge in [0, 0.05) is 11.8 Å². The number of carbonyl (C=O) groups is 2. The zero-order valence-electron chi connectivity index (χ0n) is 11.2. The van der Waals surface area contributed by atoms with Crippen molar-refractivity contribution < 1.29 is 14.3 Å². The fourth-order valence-corrected chi connectivity index (χ4v) is 2.45. The van der Waals surface area contributed by atoms with E-state index in [2.05, 4.69) is 4.98 Å². The minimum atomic E-state index is -0.571. The number of hydrogen-bond acceptors (Lipinski definition) is 4. The fraction of sp³-hybridized carbons (Fsp3) is 0.133. The molecule has 1 aliphatic heterocycles. The molecular formula is C15H11ClN2O3. The Morgan fingerprint density at radius 3 is 2.81 bits per heavy atom. The molecule has 0 unspecified atom stereocenters. The number of benzene rings is 1. The van der Waals surface area contributed by atoms with E-state index in [9.17, 15) is 9.59 Å². The molecule has 0 bridgehead atoms. The number of aromatic nitrogens is 1. The van der Waals surface area contributed by atoms with E-state index in [1.807, 2.05) is 0 Å². The number of pyridine rings is 1. The van der Waals surface area contributed by atoms with E-state index in [0.29, 0.717) is 27.7 Å². The molecule has 1 aromatic heterocycles. The van der Waals surface area contributed by atoms with Crippen molar-refractivity contribution in [3.8, 4) is 5.75 Å². The maximum atomic E-state index is 12.1. The van der Waals surface area contributed by atoms with Crippen molar-refractivity contribution in [3.05, 3.63) is 52.8 Å². The number of halogens is 1. The minimum Gasteiger partial charge on any atom is -0.497 e. The van der Waals surface area contributed by atoms with E-state index in [1.165, 1.54) is 12.0 Å². The van der Waals surface area contributed by atoms with Crippen LogP contribution < -0.4 is 9.64 Å². The highest BCUT2D eigenvalue weighted by Crippen LogP contribution is 2.33. The molecule has 0 spiro atoms. The van der Waals surface area contributed by atoms with Gasteiger partial charge in [-0.25, -0.2) is 4.98 Å². The Morgan fingerprint density at radius 1 is 1.29 bits per heavy atom. The number of nitrogens with zero attached hydrogens (tertiary/aromatic N) is 2. The molecule has 0 saturated carbocycles. The summed E-state index contributed by atoms with van der Waals surface area (Å²) in [5.74, 6) is -0.571. The second-order valence-corrected chi connectivity index (χ2v) is 4.91. The van der Waals surface area contributed by atoms with E-state index in [-0.39, 0.29) is 6.54 Å². The summed E-state index contributed by atoms with van der Waals surface area (Å²) in [4.78, 5) is 29.6. The average molecular weight is 303 g/mol. The van der Waals surface area contributed by atoms with Crippen molar-refractivity contribution in [2.75, 3.05) is 12.0 Å². The lowest BCUT2D eigenvalue weighted by Crippen LogP contribution is -2.29. The van der Waals surface area contributed by atoms with Crippen LogP contribution in [0.15, 0.2) is 36.5 Å².